The summed E-state index contributed by atoms with van der Waals surface area (Å²) in [6.07, 6.45) is 2.52. The van der Waals surface area contributed by atoms with E-state index in [0.29, 0.717) is 6.42 Å². The Morgan fingerprint density at radius 1 is 1.10 bits per heavy atom. The summed E-state index contributed by atoms with van der Waals surface area (Å²) < 4.78 is 39.1. The van der Waals surface area contributed by atoms with Crippen molar-refractivity contribution in [3.63, 3.8) is 0 Å². The Morgan fingerprint density at radius 2 is 1.71 bits per heavy atom. The smallest absolute Gasteiger partial charge is 0.194 e. The van der Waals surface area contributed by atoms with Crippen molar-refractivity contribution in [3.05, 3.63) is 65.0 Å². The summed E-state index contributed by atoms with van der Waals surface area (Å²) in [6, 6.07) is 9.10. The van der Waals surface area contributed by atoms with Gasteiger partial charge in [0.2, 0.25) is 0 Å². The molecule has 2 aromatic carbocycles. The predicted octanol–water partition coefficient (Wildman–Crippen LogP) is 4.64. The summed E-state index contributed by atoms with van der Waals surface area (Å²) in [5.74, 6) is -4.66. The Kier molecular flexibility index (Phi) is 5.07. The van der Waals surface area contributed by atoms with Crippen LogP contribution >= 0.6 is 11.8 Å². The van der Waals surface area contributed by atoms with Gasteiger partial charge < -0.3 is 0 Å². The molecule has 21 heavy (non-hydrogen) atoms. The molecule has 0 amide bonds. The van der Waals surface area contributed by atoms with E-state index in [1.54, 1.807) is 11.8 Å². The highest BCUT2D eigenvalue weighted by atomic mass is 32.2. The molecule has 0 heterocycles. The van der Waals surface area contributed by atoms with Crippen molar-refractivity contribution in [2.45, 2.75) is 17.7 Å². The third kappa shape index (κ3) is 3.67. The second-order valence-corrected chi connectivity index (χ2v) is 5.34. The zero-order chi connectivity index (χ0) is 15.4. The van der Waals surface area contributed by atoms with E-state index in [-0.39, 0.29) is 12.0 Å². The van der Waals surface area contributed by atoms with Gasteiger partial charge in [-0.05, 0) is 36.4 Å². The van der Waals surface area contributed by atoms with Crippen LogP contribution in [0, 0.1) is 17.5 Å². The quantitative estimate of drug-likeness (QED) is 0.454. The molecule has 0 aromatic heterocycles. The molecule has 0 fully saturated rings. The Balaban J connectivity index is 2.12. The third-order valence-electron chi connectivity index (χ3n) is 3.12. The molecule has 2 rings (SSSR count). The Labute approximate surface area is 125 Å². The van der Waals surface area contributed by atoms with E-state index < -0.39 is 23.2 Å². The van der Waals surface area contributed by atoms with Gasteiger partial charge in [-0.15, -0.1) is 11.8 Å². The predicted molar refractivity (Wildman–Crippen MR) is 77.2 cm³/mol. The van der Waals surface area contributed by atoms with E-state index in [1.165, 1.54) is 0 Å². The van der Waals surface area contributed by atoms with Crippen LogP contribution in [0.4, 0.5) is 13.2 Å². The lowest BCUT2D eigenvalue weighted by Gasteiger charge is -2.07. The molecule has 0 atom stereocenters. The van der Waals surface area contributed by atoms with Gasteiger partial charge in [-0.3, -0.25) is 4.79 Å². The second kappa shape index (κ2) is 6.80. The Bertz CT molecular complexity index is 647. The van der Waals surface area contributed by atoms with Gasteiger partial charge in [0.05, 0.1) is 0 Å². The number of Topliss-reactive ketones (excluding diaryl/α,β-unsaturated/α-hetero) is 1. The zero-order valence-corrected chi connectivity index (χ0v) is 12.1. The standard InChI is InChI=1S/C16H13F3OS/c1-21-15-5-3-2-4-10(15)6-7-14(20)11-8-12(17)16(19)13(18)9-11/h2-5,8-9H,6-7H2,1H3. The van der Waals surface area contributed by atoms with Crippen LogP contribution in [0.3, 0.4) is 0 Å². The maximum absolute atomic E-state index is 13.1. The summed E-state index contributed by atoms with van der Waals surface area (Å²) in [4.78, 5) is 13.0. The van der Waals surface area contributed by atoms with Crippen molar-refractivity contribution in [2.75, 3.05) is 6.26 Å². The van der Waals surface area contributed by atoms with Crippen molar-refractivity contribution in [3.8, 4) is 0 Å². The Hall–Kier alpha value is -1.75. The van der Waals surface area contributed by atoms with E-state index >= 15 is 0 Å². The van der Waals surface area contributed by atoms with Crippen molar-refractivity contribution < 1.29 is 18.0 Å². The van der Waals surface area contributed by atoms with Gasteiger partial charge in [0.25, 0.3) is 0 Å². The average molecular weight is 310 g/mol. The maximum atomic E-state index is 13.1. The van der Waals surface area contributed by atoms with Crippen molar-refractivity contribution in [1.29, 1.82) is 0 Å². The molecule has 0 saturated carbocycles. The summed E-state index contributed by atoms with van der Waals surface area (Å²) in [6.45, 7) is 0. The first-order valence-corrected chi connectivity index (χ1v) is 7.55. The van der Waals surface area contributed by atoms with Crippen LogP contribution in [0.5, 0.6) is 0 Å². The molecular weight excluding hydrogens is 297 g/mol. The maximum Gasteiger partial charge on any atom is 0.194 e. The molecule has 2 aromatic rings. The zero-order valence-electron chi connectivity index (χ0n) is 11.3. The number of carbonyl (C=O) groups excluding carboxylic acids is 1. The first-order chi connectivity index (χ1) is 10.0. The SMILES string of the molecule is CSc1ccccc1CCC(=O)c1cc(F)c(F)c(F)c1. The normalized spacial score (nSPS) is 10.7. The largest absolute Gasteiger partial charge is 0.294 e. The lowest BCUT2D eigenvalue weighted by atomic mass is 10.0. The summed E-state index contributed by atoms with van der Waals surface area (Å²) in [5, 5.41) is 0. The summed E-state index contributed by atoms with van der Waals surface area (Å²) in [7, 11) is 0. The molecule has 0 radical (unpaired) electrons. The average Bonchev–Trinajstić information content (AvgIpc) is 2.49. The summed E-state index contributed by atoms with van der Waals surface area (Å²) >= 11 is 1.57. The molecule has 0 aliphatic heterocycles. The van der Waals surface area contributed by atoms with Crippen LogP contribution < -0.4 is 0 Å². The first kappa shape index (κ1) is 15.6. The lowest BCUT2D eigenvalue weighted by molar-refractivity contribution is 0.0981. The fourth-order valence-corrected chi connectivity index (χ4v) is 2.67. The number of benzene rings is 2. The van der Waals surface area contributed by atoms with Gasteiger partial charge in [-0.2, -0.15) is 0 Å². The molecule has 5 heteroatoms. The Morgan fingerprint density at radius 3 is 2.33 bits per heavy atom. The highest BCUT2D eigenvalue weighted by molar-refractivity contribution is 7.98. The minimum Gasteiger partial charge on any atom is -0.294 e. The van der Waals surface area contributed by atoms with Crippen molar-refractivity contribution in [2.24, 2.45) is 0 Å². The number of rotatable bonds is 5. The topological polar surface area (TPSA) is 17.1 Å². The van der Waals surface area contributed by atoms with E-state index in [2.05, 4.69) is 0 Å². The highest BCUT2D eigenvalue weighted by Crippen LogP contribution is 2.22. The molecule has 0 unspecified atom stereocenters. The summed E-state index contributed by atoms with van der Waals surface area (Å²) in [5.41, 5.74) is 0.856. The van der Waals surface area contributed by atoms with E-state index in [9.17, 15) is 18.0 Å². The first-order valence-electron chi connectivity index (χ1n) is 6.32. The van der Waals surface area contributed by atoms with Crippen LogP contribution in [0.25, 0.3) is 0 Å². The molecule has 0 saturated heterocycles. The fourth-order valence-electron chi connectivity index (χ4n) is 2.02. The number of hydrogen-bond donors (Lipinski definition) is 0. The number of aryl methyl sites for hydroxylation is 1. The van der Waals surface area contributed by atoms with Crippen molar-refractivity contribution >= 4 is 17.5 Å². The molecule has 0 aliphatic carbocycles. The molecule has 110 valence electrons. The van der Waals surface area contributed by atoms with Gasteiger partial charge in [0, 0.05) is 16.9 Å². The van der Waals surface area contributed by atoms with Gasteiger partial charge in [0.15, 0.2) is 23.2 Å². The van der Waals surface area contributed by atoms with Gasteiger partial charge in [-0.1, -0.05) is 18.2 Å². The molecule has 0 spiro atoms. The lowest BCUT2D eigenvalue weighted by Crippen LogP contribution is -2.05. The third-order valence-corrected chi connectivity index (χ3v) is 3.96. The second-order valence-electron chi connectivity index (χ2n) is 4.49. The number of hydrogen-bond acceptors (Lipinski definition) is 2. The van der Waals surface area contributed by atoms with E-state index in [4.69, 9.17) is 0 Å². The van der Waals surface area contributed by atoms with Crippen LogP contribution in [0.15, 0.2) is 41.3 Å². The molecular formula is C16H13F3OS. The molecule has 1 nitrogen and oxygen atoms in total. The number of ketones is 1. The molecule has 0 N–H and O–H groups in total. The van der Waals surface area contributed by atoms with E-state index in [1.807, 2.05) is 30.5 Å². The number of carbonyl (C=O) groups is 1. The fraction of sp³-hybridized carbons (Fsp3) is 0.188. The van der Waals surface area contributed by atoms with Gasteiger partial charge >= 0.3 is 0 Å². The molecule has 0 aliphatic rings. The highest BCUT2D eigenvalue weighted by Gasteiger charge is 2.15. The van der Waals surface area contributed by atoms with Crippen LogP contribution in [-0.4, -0.2) is 12.0 Å². The van der Waals surface area contributed by atoms with E-state index in [0.717, 1.165) is 22.6 Å². The minimum atomic E-state index is -1.56. The molecule has 0 bridgehead atoms. The van der Waals surface area contributed by atoms with Crippen LogP contribution in [0.2, 0.25) is 0 Å². The minimum absolute atomic E-state index is 0.113. The van der Waals surface area contributed by atoms with Gasteiger partial charge in [0.1, 0.15) is 0 Å². The van der Waals surface area contributed by atoms with Crippen LogP contribution in [0.1, 0.15) is 22.3 Å². The van der Waals surface area contributed by atoms with Crippen LogP contribution in [-0.2, 0) is 6.42 Å². The number of thioether (sulfide) groups is 1. The number of halogens is 3. The monoisotopic (exact) mass is 310 g/mol. The van der Waals surface area contributed by atoms with Crippen molar-refractivity contribution in [1.82, 2.24) is 0 Å². The van der Waals surface area contributed by atoms with Gasteiger partial charge in [-0.25, -0.2) is 13.2 Å².